The van der Waals surface area contributed by atoms with Crippen LogP contribution in [-0.4, -0.2) is 6.61 Å². The molecule has 0 unspecified atom stereocenters. The third-order valence-corrected chi connectivity index (χ3v) is 3.47. The Morgan fingerprint density at radius 3 is 2.60 bits per heavy atom. The molecule has 15 heavy (non-hydrogen) atoms. The largest absolute Gasteiger partial charge is 0.492 e. The van der Waals surface area contributed by atoms with E-state index in [2.05, 4.69) is 55.8 Å². The summed E-state index contributed by atoms with van der Waals surface area (Å²) in [5.74, 6) is 1.61. The zero-order valence-corrected chi connectivity index (χ0v) is 11.3. The summed E-state index contributed by atoms with van der Waals surface area (Å²) in [4.78, 5) is 0. The van der Waals surface area contributed by atoms with Gasteiger partial charge in [-0.15, -0.1) is 0 Å². The first-order chi connectivity index (χ1) is 6.92. The van der Waals surface area contributed by atoms with Crippen LogP contribution in [0.4, 0.5) is 0 Å². The van der Waals surface area contributed by atoms with Gasteiger partial charge in [-0.05, 0) is 23.6 Å². The van der Waals surface area contributed by atoms with Crippen LogP contribution in [0.2, 0.25) is 0 Å². The minimum atomic E-state index is 0.142. The Morgan fingerprint density at radius 1 is 1.33 bits per heavy atom. The molecule has 0 amide bonds. The molecular formula is C13H17BrO. The van der Waals surface area contributed by atoms with Crippen molar-refractivity contribution in [2.75, 3.05) is 6.61 Å². The number of hydrogen-bond acceptors (Lipinski definition) is 1. The summed E-state index contributed by atoms with van der Waals surface area (Å²) in [7, 11) is 0. The van der Waals surface area contributed by atoms with Gasteiger partial charge in [0, 0.05) is 15.5 Å². The van der Waals surface area contributed by atoms with Gasteiger partial charge in [0.1, 0.15) is 5.75 Å². The summed E-state index contributed by atoms with van der Waals surface area (Å²) >= 11 is 3.58. The molecule has 1 aliphatic heterocycles. The number of fused-ring (bicyclic) bond motifs is 1. The van der Waals surface area contributed by atoms with Crippen LogP contribution in [0.25, 0.3) is 0 Å². The minimum Gasteiger partial charge on any atom is -0.492 e. The molecule has 1 aromatic carbocycles. The highest BCUT2D eigenvalue weighted by atomic mass is 79.9. The van der Waals surface area contributed by atoms with Gasteiger partial charge >= 0.3 is 0 Å². The van der Waals surface area contributed by atoms with Crippen molar-refractivity contribution in [3.8, 4) is 5.75 Å². The van der Waals surface area contributed by atoms with Gasteiger partial charge in [-0.2, -0.15) is 0 Å². The van der Waals surface area contributed by atoms with Gasteiger partial charge in [-0.3, -0.25) is 0 Å². The molecule has 82 valence electrons. The summed E-state index contributed by atoms with van der Waals surface area (Å²) in [6, 6.07) is 4.36. The smallest absolute Gasteiger partial charge is 0.126 e. The molecule has 0 radical (unpaired) electrons. The fourth-order valence-electron chi connectivity index (χ4n) is 2.04. The molecule has 0 bridgehead atoms. The normalized spacial score (nSPS) is 17.7. The number of ether oxygens (including phenoxy) is 1. The van der Waals surface area contributed by atoms with E-state index in [0.717, 1.165) is 16.8 Å². The van der Waals surface area contributed by atoms with Crippen LogP contribution >= 0.6 is 15.9 Å². The lowest BCUT2D eigenvalue weighted by Gasteiger charge is -2.16. The number of rotatable bonds is 1. The van der Waals surface area contributed by atoms with Crippen LogP contribution in [0.5, 0.6) is 5.75 Å². The quantitative estimate of drug-likeness (QED) is 0.740. The summed E-state index contributed by atoms with van der Waals surface area (Å²) in [5.41, 5.74) is 2.79. The second-order valence-corrected chi connectivity index (χ2v) is 6.11. The standard InChI is InChI=1S/C13H17BrO/c1-8(2)10-5-9(14)6-11-12(10)15-7-13(11,3)4/h5-6,8H,7H2,1-4H3. The van der Waals surface area contributed by atoms with E-state index >= 15 is 0 Å². The third-order valence-electron chi connectivity index (χ3n) is 3.01. The fourth-order valence-corrected chi connectivity index (χ4v) is 2.51. The Hall–Kier alpha value is -0.500. The zero-order valence-electron chi connectivity index (χ0n) is 9.73. The first-order valence-electron chi connectivity index (χ1n) is 5.38. The number of hydrogen-bond donors (Lipinski definition) is 0. The molecule has 0 aromatic heterocycles. The van der Waals surface area contributed by atoms with Crippen molar-refractivity contribution < 1.29 is 4.74 Å². The molecule has 1 aromatic rings. The second kappa shape index (κ2) is 3.51. The lowest BCUT2D eigenvalue weighted by Crippen LogP contribution is -2.18. The van der Waals surface area contributed by atoms with Crippen LogP contribution in [0.1, 0.15) is 44.7 Å². The molecule has 0 fully saturated rings. The van der Waals surface area contributed by atoms with E-state index in [4.69, 9.17) is 4.74 Å². The summed E-state index contributed by atoms with van der Waals surface area (Å²) < 4.78 is 7.00. The second-order valence-electron chi connectivity index (χ2n) is 5.20. The first-order valence-corrected chi connectivity index (χ1v) is 6.18. The molecule has 0 aliphatic carbocycles. The highest BCUT2D eigenvalue weighted by molar-refractivity contribution is 9.10. The molecule has 0 N–H and O–H groups in total. The van der Waals surface area contributed by atoms with Gasteiger partial charge < -0.3 is 4.74 Å². The summed E-state index contributed by atoms with van der Waals surface area (Å²) in [6.45, 7) is 9.66. The van der Waals surface area contributed by atoms with E-state index in [0.29, 0.717) is 5.92 Å². The predicted molar refractivity (Wildman–Crippen MR) is 66.8 cm³/mol. The van der Waals surface area contributed by atoms with E-state index in [9.17, 15) is 0 Å². The lowest BCUT2D eigenvalue weighted by atomic mass is 9.85. The van der Waals surface area contributed by atoms with Crippen molar-refractivity contribution in [1.29, 1.82) is 0 Å². The monoisotopic (exact) mass is 268 g/mol. The summed E-state index contributed by atoms with van der Waals surface area (Å²) in [6.07, 6.45) is 0. The minimum absolute atomic E-state index is 0.142. The highest BCUT2D eigenvalue weighted by Crippen LogP contribution is 2.44. The number of halogens is 1. The van der Waals surface area contributed by atoms with Crippen LogP contribution in [-0.2, 0) is 5.41 Å². The summed E-state index contributed by atoms with van der Waals surface area (Å²) in [5, 5.41) is 0. The number of benzene rings is 1. The Morgan fingerprint density at radius 2 is 2.00 bits per heavy atom. The first kappa shape index (κ1) is 11.0. The third kappa shape index (κ3) is 1.80. The van der Waals surface area contributed by atoms with Crippen LogP contribution in [0.3, 0.4) is 0 Å². The van der Waals surface area contributed by atoms with Crippen molar-refractivity contribution in [2.24, 2.45) is 0 Å². The van der Waals surface area contributed by atoms with Crippen molar-refractivity contribution in [3.05, 3.63) is 27.7 Å². The van der Waals surface area contributed by atoms with Gasteiger partial charge in [0.2, 0.25) is 0 Å². The molecule has 0 saturated carbocycles. The van der Waals surface area contributed by atoms with Crippen LogP contribution in [0.15, 0.2) is 16.6 Å². The van der Waals surface area contributed by atoms with Crippen molar-refractivity contribution in [2.45, 2.75) is 39.0 Å². The average molecular weight is 269 g/mol. The Kier molecular flexibility index (Phi) is 2.58. The fraction of sp³-hybridized carbons (Fsp3) is 0.538. The van der Waals surface area contributed by atoms with Crippen LogP contribution in [0, 0.1) is 0 Å². The molecule has 2 heteroatoms. The Balaban J connectivity index is 2.63. The molecule has 1 nitrogen and oxygen atoms in total. The van der Waals surface area contributed by atoms with Crippen molar-refractivity contribution in [1.82, 2.24) is 0 Å². The maximum atomic E-state index is 5.84. The molecular weight excluding hydrogens is 252 g/mol. The zero-order chi connectivity index (χ0) is 11.2. The van der Waals surface area contributed by atoms with Gasteiger partial charge in [0.25, 0.3) is 0 Å². The molecule has 0 atom stereocenters. The van der Waals surface area contributed by atoms with Gasteiger partial charge in [0.05, 0.1) is 6.61 Å². The Bertz CT molecular complexity index is 394. The van der Waals surface area contributed by atoms with E-state index < -0.39 is 0 Å². The van der Waals surface area contributed by atoms with Crippen molar-refractivity contribution in [3.63, 3.8) is 0 Å². The van der Waals surface area contributed by atoms with Gasteiger partial charge in [-0.1, -0.05) is 43.6 Å². The maximum Gasteiger partial charge on any atom is 0.126 e. The molecule has 1 aliphatic rings. The van der Waals surface area contributed by atoms with Gasteiger partial charge in [-0.25, -0.2) is 0 Å². The lowest BCUT2D eigenvalue weighted by molar-refractivity contribution is 0.288. The van der Waals surface area contributed by atoms with E-state index in [1.165, 1.54) is 11.1 Å². The average Bonchev–Trinajstić information content (AvgIpc) is 2.41. The van der Waals surface area contributed by atoms with Crippen LogP contribution < -0.4 is 4.74 Å². The topological polar surface area (TPSA) is 9.23 Å². The van der Waals surface area contributed by atoms with Crippen molar-refractivity contribution >= 4 is 15.9 Å². The van der Waals surface area contributed by atoms with Gasteiger partial charge in [0.15, 0.2) is 0 Å². The SMILES string of the molecule is CC(C)c1cc(Br)cc2c1OCC2(C)C. The molecule has 0 saturated heterocycles. The maximum absolute atomic E-state index is 5.84. The highest BCUT2D eigenvalue weighted by Gasteiger charge is 2.34. The molecule has 0 spiro atoms. The predicted octanol–water partition coefficient (Wildman–Crippen LogP) is 4.24. The van der Waals surface area contributed by atoms with E-state index in [1.807, 2.05) is 0 Å². The van der Waals surface area contributed by atoms with E-state index in [-0.39, 0.29) is 5.41 Å². The Labute approximate surface area is 100.0 Å². The molecule has 1 heterocycles. The van der Waals surface area contributed by atoms with E-state index in [1.54, 1.807) is 0 Å². The molecule has 2 rings (SSSR count).